The van der Waals surface area contributed by atoms with Gasteiger partial charge in [-0.05, 0) is 88.0 Å². The lowest BCUT2D eigenvalue weighted by Crippen LogP contribution is -2.11. The average molecular weight is 821 g/mol. The van der Waals surface area contributed by atoms with Crippen molar-refractivity contribution >= 4 is 70.4 Å². The molecular formula is C60H40N2S. The Morgan fingerprint density at radius 1 is 0.302 bits per heavy atom. The summed E-state index contributed by atoms with van der Waals surface area (Å²) in [6.45, 7) is 0. The summed E-state index contributed by atoms with van der Waals surface area (Å²) in [5.41, 5.74) is 16.4. The molecule has 3 heteroatoms. The van der Waals surface area contributed by atoms with Crippen LogP contribution in [0.25, 0.3) is 92.2 Å². The largest absolute Gasteiger partial charge is 0.310 e. The van der Waals surface area contributed by atoms with Gasteiger partial charge in [0.1, 0.15) is 0 Å². The number of rotatable bonds is 8. The fourth-order valence-corrected chi connectivity index (χ4v) is 10.7. The number of thiophene rings is 1. The molecule has 0 saturated heterocycles. The average Bonchev–Trinajstić information content (AvgIpc) is 3.90. The lowest BCUT2D eigenvalue weighted by atomic mass is 9.88. The van der Waals surface area contributed by atoms with E-state index < -0.39 is 0 Å². The summed E-state index contributed by atoms with van der Waals surface area (Å²) in [4.78, 5) is 2.45. The van der Waals surface area contributed by atoms with E-state index >= 15 is 0 Å². The van der Waals surface area contributed by atoms with E-state index in [-0.39, 0.29) is 0 Å². The first-order valence-corrected chi connectivity index (χ1v) is 22.3. The minimum Gasteiger partial charge on any atom is -0.310 e. The zero-order valence-electron chi connectivity index (χ0n) is 34.4. The highest BCUT2D eigenvalue weighted by molar-refractivity contribution is 7.25. The molecule has 0 aliphatic rings. The fourth-order valence-electron chi connectivity index (χ4n) is 9.60. The monoisotopic (exact) mass is 820 g/mol. The minimum absolute atomic E-state index is 1.09. The quantitative estimate of drug-likeness (QED) is 0.148. The third kappa shape index (κ3) is 6.33. The van der Waals surface area contributed by atoms with Gasteiger partial charge < -0.3 is 9.47 Å². The SMILES string of the molecule is c1ccc(-c2ccccc2-c2ccccc2-c2ccccc2N(c2ccc(-c3ccccc3-n3c4ccccc4c4ccccc43)cc2)c2ccc3c(c2)sc2ccccc23)cc1. The standard InChI is InChI=1S/C60H40N2S/c1-2-18-41(19-3-1)45-20-4-5-22-47(45)48-23-6-7-24-49(48)50-25-9-14-30-56(50)61(44-38-39-54-53-28-12-17-33-59(53)63-60(54)40-44)43-36-34-42(35-37-43)46-21-8-13-29-55(46)62-57-31-15-10-26-51(57)52-27-11-16-32-58(52)62/h1-40H. The fraction of sp³-hybridized carbons (Fsp3) is 0. The van der Waals surface area contributed by atoms with E-state index in [2.05, 4.69) is 252 Å². The van der Waals surface area contributed by atoms with Crippen molar-refractivity contribution in [3.8, 4) is 50.2 Å². The zero-order valence-corrected chi connectivity index (χ0v) is 35.2. The molecule has 0 N–H and O–H groups in total. The molecule has 0 atom stereocenters. The van der Waals surface area contributed by atoms with Crippen LogP contribution < -0.4 is 4.90 Å². The molecule has 0 aliphatic carbocycles. The second kappa shape index (κ2) is 15.5. The lowest BCUT2D eigenvalue weighted by molar-refractivity contribution is 1.18. The third-order valence-electron chi connectivity index (χ3n) is 12.4. The molecule has 0 saturated carbocycles. The smallest absolute Gasteiger partial charge is 0.0541 e. The number of benzene rings is 10. The van der Waals surface area contributed by atoms with Crippen molar-refractivity contribution < 1.29 is 0 Å². The highest BCUT2D eigenvalue weighted by atomic mass is 32.1. The Kier molecular flexibility index (Phi) is 9.06. The van der Waals surface area contributed by atoms with Gasteiger partial charge in [-0.3, -0.25) is 0 Å². The Hall–Kier alpha value is -7.98. The Labute approximate surface area is 370 Å². The Bertz CT molecular complexity index is 3580. The Morgan fingerprint density at radius 3 is 1.49 bits per heavy atom. The summed E-state index contributed by atoms with van der Waals surface area (Å²) in [7, 11) is 0. The molecule has 2 aromatic heterocycles. The third-order valence-corrected chi connectivity index (χ3v) is 13.6. The molecule has 63 heavy (non-hydrogen) atoms. The summed E-state index contributed by atoms with van der Waals surface area (Å²) in [6, 6.07) is 88.4. The van der Waals surface area contributed by atoms with Gasteiger partial charge >= 0.3 is 0 Å². The first kappa shape index (κ1) is 36.8. The first-order chi connectivity index (χ1) is 31.3. The first-order valence-electron chi connectivity index (χ1n) is 21.5. The van der Waals surface area contributed by atoms with Crippen molar-refractivity contribution in [3.05, 3.63) is 243 Å². The molecule has 0 spiro atoms. The van der Waals surface area contributed by atoms with E-state index in [1.54, 1.807) is 0 Å². The molecule has 0 fully saturated rings. The molecule has 2 nitrogen and oxygen atoms in total. The molecule has 0 unspecified atom stereocenters. The van der Waals surface area contributed by atoms with Crippen molar-refractivity contribution in [1.29, 1.82) is 0 Å². The normalized spacial score (nSPS) is 11.5. The maximum Gasteiger partial charge on any atom is 0.0541 e. The van der Waals surface area contributed by atoms with Gasteiger partial charge in [-0.15, -0.1) is 11.3 Å². The van der Waals surface area contributed by atoms with Crippen molar-refractivity contribution in [2.24, 2.45) is 0 Å². The van der Waals surface area contributed by atoms with Gasteiger partial charge in [0.15, 0.2) is 0 Å². The van der Waals surface area contributed by atoms with Crippen molar-refractivity contribution in [3.63, 3.8) is 0 Å². The van der Waals surface area contributed by atoms with E-state index in [1.807, 2.05) is 11.3 Å². The van der Waals surface area contributed by atoms with Crippen molar-refractivity contribution in [2.75, 3.05) is 4.90 Å². The van der Waals surface area contributed by atoms with Crippen molar-refractivity contribution in [1.82, 2.24) is 4.57 Å². The van der Waals surface area contributed by atoms with Crippen LogP contribution in [0.5, 0.6) is 0 Å². The minimum atomic E-state index is 1.09. The van der Waals surface area contributed by atoms with Crippen LogP contribution >= 0.6 is 11.3 Å². The number of aromatic nitrogens is 1. The summed E-state index contributed by atoms with van der Waals surface area (Å²) in [5.74, 6) is 0. The van der Waals surface area contributed by atoms with E-state index in [0.717, 1.165) is 33.9 Å². The van der Waals surface area contributed by atoms with Gasteiger partial charge in [-0.2, -0.15) is 0 Å². The maximum atomic E-state index is 2.45. The van der Waals surface area contributed by atoms with Crippen molar-refractivity contribution in [2.45, 2.75) is 0 Å². The molecule has 2 heterocycles. The molecule has 10 aromatic carbocycles. The van der Waals surface area contributed by atoms with Gasteiger partial charge in [0.05, 0.1) is 22.4 Å². The summed E-state index contributed by atoms with van der Waals surface area (Å²) in [6.07, 6.45) is 0. The number of hydrogen-bond acceptors (Lipinski definition) is 2. The van der Waals surface area contributed by atoms with Crippen LogP contribution in [-0.2, 0) is 0 Å². The Morgan fingerprint density at radius 2 is 0.778 bits per heavy atom. The molecule has 0 aliphatic heterocycles. The van der Waals surface area contributed by atoms with Crippen LogP contribution in [-0.4, -0.2) is 4.57 Å². The number of nitrogens with zero attached hydrogens (tertiary/aromatic N) is 2. The van der Waals surface area contributed by atoms with Crippen LogP contribution in [0.3, 0.4) is 0 Å². The van der Waals surface area contributed by atoms with Crippen LogP contribution in [0.4, 0.5) is 17.1 Å². The zero-order chi connectivity index (χ0) is 41.7. The lowest BCUT2D eigenvalue weighted by Gasteiger charge is -2.29. The second-order valence-corrected chi connectivity index (χ2v) is 17.1. The topological polar surface area (TPSA) is 8.17 Å². The predicted octanol–water partition coefficient (Wildman–Crippen LogP) is 17.3. The van der Waals surface area contributed by atoms with Crippen LogP contribution in [0, 0.1) is 0 Å². The van der Waals surface area contributed by atoms with Crippen LogP contribution in [0.15, 0.2) is 243 Å². The number of para-hydroxylation sites is 4. The van der Waals surface area contributed by atoms with Crippen LogP contribution in [0.1, 0.15) is 0 Å². The van der Waals surface area contributed by atoms with E-state index in [0.29, 0.717) is 0 Å². The van der Waals surface area contributed by atoms with Crippen LogP contribution in [0.2, 0.25) is 0 Å². The number of anilines is 3. The van der Waals surface area contributed by atoms with Gasteiger partial charge in [0.25, 0.3) is 0 Å². The van der Waals surface area contributed by atoms with Gasteiger partial charge in [0, 0.05) is 53.4 Å². The molecule has 0 bridgehead atoms. The highest BCUT2D eigenvalue weighted by Gasteiger charge is 2.22. The predicted molar refractivity (Wildman–Crippen MR) is 270 cm³/mol. The van der Waals surface area contributed by atoms with Gasteiger partial charge in [-0.25, -0.2) is 0 Å². The van der Waals surface area contributed by atoms with E-state index in [1.165, 1.54) is 75.4 Å². The Balaban J connectivity index is 1.03. The molecular weight excluding hydrogens is 781 g/mol. The van der Waals surface area contributed by atoms with Gasteiger partial charge in [-0.1, -0.05) is 188 Å². The summed E-state index contributed by atoms with van der Waals surface area (Å²) in [5, 5.41) is 5.10. The number of hydrogen-bond donors (Lipinski definition) is 0. The van der Waals surface area contributed by atoms with Gasteiger partial charge in [0.2, 0.25) is 0 Å². The number of fused-ring (bicyclic) bond motifs is 6. The highest BCUT2D eigenvalue weighted by Crippen LogP contribution is 2.47. The molecule has 12 rings (SSSR count). The van der Waals surface area contributed by atoms with E-state index in [9.17, 15) is 0 Å². The van der Waals surface area contributed by atoms with E-state index in [4.69, 9.17) is 0 Å². The maximum absolute atomic E-state index is 2.45. The molecule has 12 aromatic rings. The summed E-state index contributed by atoms with van der Waals surface area (Å²) < 4.78 is 4.99. The molecule has 0 amide bonds. The molecule has 296 valence electrons. The summed E-state index contributed by atoms with van der Waals surface area (Å²) >= 11 is 1.86. The molecule has 0 radical (unpaired) electrons. The second-order valence-electron chi connectivity index (χ2n) is 16.0.